The summed E-state index contributed by atoms with van der Waals surface area (Å²) in [5.41, 5.74) is -0.103. The largest absolute Gasteiger partial charge is 0.354 e. The molecule has 1 aliphatic carbocycles. The molecule has 1 amide bonds. The van der Waals surface area contributed by atoms with Gasteiger partial charge in [0.1, 0.15) is 5.54 Å². The first-order chi connectivity index (χ1) is 9.55. The second kappa shape index (κ2) is 4.88. The quantitative estimate of drug-likeness (QED) is 0.866. The Morgan fingerprint density at radius 2 is 2.15 bits per heavy atom. The van der Waals surface area contributed by atoms with Crippen molar-refractivity contribution < 1.29 is 4.79 Å². The summed E-state index contributed by atoms with van der Waals surface area (Å²) in [6.07, 6.45) is 6.47. The molecule has 1 aliphatic heterocycles. The van der Waals surface area contributed by atoms with Crippen LogP contribution in [0.4, 0.5) is 0 Å². The lowest BCUT2D eigenvalue weighted by atomic mass is 9.87. The Balaban J connectivity index is 1.71. The maximum absolute atomic E-state index is 12.8. The predicted octanol–water partition coefficient (Wildman–Crippen LogP) is 1.12. The van der Waals surface area contributed by atoms with Crippen LogP contribution in [0.5, 0.6) is 0 Å². The highest BCUT2D eigenvalue weighted by Crippen LogP contribution is 2.51. The van der Waals surface area contributed by atoms with Crippen molar-refractivity contribution in [3.05, 3.63) is 18.5 Å². The zero-order valence-corrected chi connectivity index (χ0v) is 12.4. The van der Waals surface area contributed by atoms with E-state index >= 15 is 0 Å². The summed E-state index contributed by atoms with van der Waals surface area (Å²) in [6.45, 7) is 7.04. The molecule has 1 unspecified atom stereocenters. The summed E-state index contributed by atoms with van der Waals surface area (Å²) < 4.78 is 1.85. The maximum Gasteiger partial charge on any atom is 0.248 e. The van der Waals surface area contributed by atoms with Crippen molar-refractivity contribution in [1.82, 2.24) is 20.4 Å². The first kappa shape index (κ1) is 13.6. The fraction of sp³-hybridized carbons (Fsp3) is 0.733. The summed E-state index contributed by atoms with van der Waals surface area (Å²) in [7, 11) is 0. The molecule has 3 rings (SSSR count). The van der Waals surface area contributed by atoms with Crippen molar-refractivity contribution in [2.24, 2.45) is 11.3 Å². The van der Waals surface area contributed by atoms with E-state index in [0.29, 0.717) is 11.3 Å². The van der Waals surface area contributed by atoms with Gasteiger partial charge in [0.2, 0.25) is 5.91 Å². The highest BCUT2D eigenvalue weighted by atomic mass is 16.2. The number of rotatable bonds is 4. The van der Waals surface area contributed by atoms with E-state index in [4.69, 9.17) is 0 Å². The summed E-state index contributed by atoms with van der Waals surface area (Å²) in [5, 5.41) is 10.8. The third-order valence-electron chi connectivity index (χ3n) is 5.02. The molecule has 0 spiro atoms. The van der Waals surface area contributed by atoms with Gasteiger partial charge in [-0.1, -0.05) is 13.8 Å². The molecule has 0 aromatic carbocycles. The van der Waals surface area contributed by atoms with Gasteiger partial charge in [-0.25, -0.2) is 0 Å². The molecular weight excluding hydrogens is 252 g/mol. The number of aromatic nitrogens is 2. The minimum atomic E-state index is -0.506. The summed E-state index contributed by atoms with van der Waals surface area (Å²) in [5.74, 6) is 0.758. The van der Waals surface area contributed by atoms with Crippen molar-refractivity contribution in [3.8, 4) is 0 Å². The number of nitrogens with zero attached hydrogens (tertiary/aromatic N) is 2. The Kier molecular flexibility index (Phi) is 3.32. The van der Waals surface area contributed by atoms with Crippen LogP contribution in [0.3, 0.4) is 0 Å². The maximum atomic E-state index is 12.8. The van der Waals surface area contributed by atoms with E-state index in [1.165, 1.54) is 6.42 Å². The molecule has 2 fully saturated rings. The van der Waals surface area contributed by atoms with E-state index in [1.54, 1.807) is 6.20 Å². The molecule has 2 N–H and O–H groups in total. The number of nitrogens with one attached hydrogen (secondary N) is 2. The average Bonchev–Trinajstić information content (AvgIpc) is 2.85. The van der Waals surface area contributed by atoms with Gasteiger partial charge in [-0.2, -0.15) is 5.10 Å². The number of piperidine rings is 1. The predicted molar refractivity (Wildman–Crippen MR) is 77.2 cm³/mol. The summed E-state index contributed by atoms with van der Waals surface area (Å²) >= 11 is 0. The Hall–Kier alpha value is -1.36. The fourth-order valence-corrected chi connectivity index (χ4v) is 3.23. The monoisotopic (exact) mass is 276 g/mol. The third kappa shape index (κ3) is 2.35. The second-order valence-electron chi connectivity index (χ2n) is 6.83. The molecule has 1 saturated carbocycles. The average molecular weight is 276 g/mol. The Morgan fingerprint density at radius 3 is 2.70 bits per heavy atom. The van der Waals surface area contributed by atoms with Crippen LogP contribution in [-0.4, -0.2) is 35.3 Å². The van der Waals surface area contributed by atoms with E-state index in [9.17, 15) is 4.79 Å². The van der Waals surface area contributed by atoms with Crippen LogP contribution >= 0.6 is 0 Å². The van der Waals surface area contributed by atoms with Crippen molar-refractivity contribution in [3.63, 3.8) is 0 Å². The van der Waals surface area contributed by atoms with Gasteiger partial charge in [0.15, 0.2) is 0 Å². The van der Waals surface area contributed by atoms with Crippen LogP contribution in [0, 0.1) is 11.3 Å². The molecule has 2 heterocycles. The van der Waals surface area contributed by atoms with Crippen LogP contribution in [0.25, 0.3) is 0 Å². The Morgan fingerprint density at radius 1 is 1.45 bits per heavy atom. The van der Waals surface area contributed by atoms with Crippen LogP contribution in [0.1, 0.15) is 33.1 Å². The van der Waals surface area contributed by atoms with Crippen LogP contribution in [0.15, 0.2) is 18.5 Å². The smallest absolute Gasteiger partial charge is 0.248 e. The van der Waals surface area contributed by atoms with Crippen molar-refractivity contribution >= 4 is 5.91 Å². The third-order valence-corrected chi connectivity index (χ3v) is 5.02. The molecule has 1 saturated heterocycles. The Labute approximate surface area is 120 Å². The van der Waals surface area contributed by atoms with E-state index in [2.05, 4.69) is 29.6 Å². The van der Waals surface area contributed by atoms with Crippen LogP contribution < -0.4 is 10.6 Å². The molecule has 2 aliphatic rings. The van der Waals surface area contributed by atoms with E-state index in [1.807, 2.05) is 16.9 Å². The molecule has 110 valence electrons. The summed E-state index contributed by atoms with van der Waals surface area (Å²) in [6, 6.07) is 1.89. The van der Waals surface area contributed by atoms with E-state index in [0.717, 1.165) is 32.5 Å². The SMILES string of the molecule is CC1(C)CC1CNC(=O)C1(n2cccn2)CCNCC1. The van der Waals surface area contributed by atoms with E-state index in [-0.39, 0.29) is 5.91 Å². The number of carbonyl (C=O) groups excluding carboxylic acids is 1. The standard InChI is InChI=1S/C15H24N4O/c1-14(2)10-12(14)11-17-13(20)15(4-7-16-8-5-15)19-9-3-6-18-19/h3,6,9,12,16H,4-5,7-8,10-11H2,1-2H3,(H,17,20). The Bertz CT molecular complexity index is 474. The molecule has 0 radical (unpaired) electrons. The molecule has 1 aromatic heterocycles. The molecular formula is C15H24N4O. The molecule has 20 heavy (non-hydrogen) atoms. The minimum Gasteiger partial charge on any atom is -0.354 e. The van der Waals surface area contributed by atoms with Gasteiger partial charge in [-0.15, -0.1) is 0 Å². The molecule has 5 nitrogen and oxygen atoms in total. The molecule has 1 aromatic rings. The lowest BCUT2D eigenvalue weighted by Gasteiger charge is -2.36. The van der Waals surface area contributed by atoms with Crippen molar-refractivity contribution in [2.45, 2.75) is 38.6 Å². The molecule has 1 atom stereocenters. The minimum absolute atomic E-state index is 0.130. The van der Waals surface area contributed by atoms with Crippen molar-refractivity contribution in [2.75, 3.05) is 19.6 Å². The van der Waals surface area contributed by atoms with Crippen LogP contribution in [-0.2, 0) is 10.3 Å². The lowest BCUT2D eigenvalue weighted by molar-refractivity contribution is -0.132. The van der Waals surface area contributed by atoms with Gasteiger partial charge < -0.3 is 10.6 Å². The zero-order chi connectivity index (χ0) is 14.2. The highest BCUT2D eigenvalue weighted by molar-refractivity contribution is 5.84. The van der Waals surface area contributed by atoms with Gasteiger partial charge in [0, 0.05) is 18.9 Å². The van der Waals surface area contributed by atoms with Gasteiger partial charge in [-0.05, 0) is 49.8 Å². The van der Waals surface area contributed by atoms with Gasteiger partial charge >= 0.3 is 0 Å². The van der Waals surface area contributed by atoms with Crippen molar-refractivity contribution in [1.29, 1.82) is 0 Å². The fourth-order valence-electron chi connectivity index (χ4n) is 3.23. The molecule has 0 bridgehead atoms. The van der Waals surface area contributed by atoms with E-state index < -0.39 is 5.54 Å². The first-order valence-corrected chi connectivity index (χ1v) is 7.54. The van der Waals surface area contributed by atoms with Gasteiger partial charge in [-0.3, -0.25) is 9.48 Å². The van der Waals surface area contributed by atoms with Gasteiger partial charge in [0.05, 0.1) is 0 Å². The topological polar surface area (TPSA) is 59.0 Å². The van der Waals surface area contributed by atoms with Gasteiger partial charge in [0.25, 0.3) is 0 Å². The summed E-state index contributed by atoms with van der Waals surface area (Å²) in [4.78, 5) is 12.8. The first-order valence-electron chi connectivity index (χ1n) is 7.54. The number of amides is 1. The van der Waals surface area contributed by atoms with Crippen LogP contribution in [0.2, 0.25) is 0 Å². The lowest BCUT2D eigenvalue weighted by Crippen LogP contribution is -2.55. The number of hydrogen-bond acceptors (Lipinski definition) is 3. The highest BCUT2D eigenvalue weighted by Gasteiger charge is 2.47. The normalized spacial score (nSPS) is 27.0. The number of hydrogen-bond donors (Lipinski definition) is 2. The zero-order valence-electron chi connectivity index (χ0n) is 12.4. The number of carbonyl (C=O) groups is 1. The second-order valence-corrected chi connectivity index (χ2v) is 6.83. The molecule has 5 heteroatoms.